The van der Waals surface area contributed by atoms with Gasteiger partial charge in [0.05, 0.1) is 4.99 Å². The third-order valence-electron chi connectivity index (χ3n) is 3.86. The molecule has 0 fully saturated rings. The Morgan fingerprint density at radius 2 is 1.43 bits per heavy atom. The zero-order valence-electron chi connectivity index (χ0n) is 14.0. The molecule has 0 saturated carbocycles. The minimum atomic E-state index is 0.247. The molecule has 0 rings (SSSR count). The molecule has 0 heterocycles. The minimum Gasteiger partial charge on any atom is -0.393 e. The number of hydrogen-bond acceptors (Lipinski definition) is 2. The molecule has 4 heteroatoms. The summed E-state index contributed by atoms with van der Waals surface area (Å²) in [6.45, 7) is 5.67. The minimum absolute atomic E-state index is 0.247. The molecule has 0 aromatic carbocycles. The lowest BCUT2D eigenvalue weighted by molar-refractivity contribution is -0.131. The van der Waals surface area contributed by atoms with Crippen LogP contribution in [0, 0.1) is 0 Å². The van der Waals surface area contributed by atoms with Crippen LogP contribution in [0.4, 0.5) is 0 Å². The molecule has 0 unspecified atom stereocenters. The molecule has 3 nitrogen and oxygen atoms in total. The molecule has 0 aliphatic rings. The highest BCUT2D eigenvalue weighted by atomic mass is 32.1. The SMILES string of the molecule is CCCCCCCCCCCC(=O)N(CC)CCC(N)=S. The second kappa shape index (κ2) is 14.3. The van der Waals surface area contributed by atoms with Crippen LogP contribution in [0.2, 0.25) is 0 Å². The average molecular weight is 315 g/mol. The maximum Gasteiger partial charge on any atom is 0.222 e. The molecule has 0 aliphatic carbocycles. The van der Waals surface area contributed by atoms with E-state index in [-0.39, 0.29) is 5.91 Å². The van der Waals surface area contributed by atoms with E-state index in [9.17, 15) is 4.79 Å². The maximum atomic E-state index is 12.0. The Morgan fingerprint density at radius 3 is 1.90 bits per heavy atom. The highest BCUT2D eigenvalue weighted by molar-refractivity contribution is 7.80. The first kappa shape index (κ1) is 20.4. The van der Waals surface area contributed by atoms with Gasteiger partial charge in [0.2, 0.25) is 5.91 Å². The lowest BCUT2D eigenvalue weighted by Crippen LogP contribution is -2.33. The van der Waals surface area contributed by atoms with Gasteiger partial charge in [0, 0.05) is 25.9 Å². The van der Waals surface area contributed by atoms with Crippen LogP contribution in [0.15, 0.2) is 0 Å². The van der Waals surface area contributed by atoms with Gasteiger partial charge in [-0.1, -0.05) is 70.5 Å². The van der Waals surface area contributed by atoms with Gasteiger partial charge in [-0.15, -0.1) is 0 Å². The van der Waals surface area contributed by atoms with Crippen LogP contribution in [0.3, 0.4) is 0 Å². The van der Waals surface area contributed by atoms with Crippen LogP contribution >= 0.6 is 12.2 Å². The van der Waals surface area contributed by atoms with Crippen molar-refractivity contribution in [1.82, 2.24) is 4.90 Å². The summed E-state index contributed by atoms with van der Waals surface area (Å²) in [6, 6.07) is 0. The van der Waals surface area contributed by atoms with Crippen LogP contribution in [0.25, 0.3) is 0 Å². The van der Waals surface area contributed by atoms with E-state index in [2.05, 4.69) is 6.92 Å². The molecule has 0 aromatic heterocycles. The molecule has 0 radical (unpaired) electrons. The molecule has 0 atom stereocenters. The summed E-state index contributed by atoms with van der Waals surface area (Å²) < 4.78 is 0. The van der Waals surface area contributed by atoms with Gasteiger partial charge in [-0.05, 0) is 13.3 Å². The fourth-order valence-electron chi connectivity index (χ4n) is 2.45. The van der Waals surface area contributed by atoms with Gasteiger partial charge < -0.3 is 10.6 Å². The summed E-state index contributed by atoms with van der Waals surface area (Å²) in [5.74, 6) is 0.247. The predicted molar refractivity (Wildman–Crippen MR) is 95.5 cm³/mol. The lowest BCUT2D eigenvalue weighted by atomic mass is 10.1. The number of carbonyl (C=O) groups is 1. The number of hydrogen-bond donors (Lipinski definition) is 1. The van der Waals surface area contributed by atoms with Gasteiger partial charge in [-0.3, -0.25) is 4.79 Å². The second-order valence-electron chi connectivity index (χ2n) is 5.77. The normalized spacial score (nSPS) is 10.6. The first-order chi connectivity index (χ1) is 10.1. The Kier molecular flexibility index (Phi) is 13.9. The number of carbonyl (C=O) groups excluding carboxylic acids is 1. The Hall–Kier alpha value is -0.640. The van der Waals surface area contributed by atoms with E-state index in [1.807, 2.05) is 11.8 Å². The Bertz CT molecular complexity index is 282. The van der Waals surface area contributed by atoms with E-state index in [1.54, 1.807) is 0 Å². The molecule has 0 saturated heterocycles. The summed E-state index contributed by atoms with van der Waals surface area (Å²) in [5.41, 5.74) is 5.49. The molecule has 2 N–H and O–H groups in total. The standard InChI is InChI=1S/C17H34N2OS/c1-3-5-6-7-8-9-10-11-12-13-17(20)19(4-2)15-14-16(18)21/h3-15H2,1-2H3,(H2,18,21). The van der Waals surface area contributed by atoms with E-state index >= 15 is 0 Å². The number of nitrogens with zero attached hydrogens (tertiary/aromatic N) is 1. The van der Waals surface area contributed by atoms with E-state index in [0.29, 0.717) is 24.4 Å². The fraction of sp³-hybridized carbons (Fsp3) is 0.882. The van der Waals surface area contributed by atoms with Crippen LogP contribution in [0.1, 0.15) is 84.5 Å². The molecule has 21 heavy (non-hydrogen) atoms. The number of nitrogens with two attached hydrogens (primary N) is 1. The van der Waals surface area contributed by atoms with Gasteiger partial charge >= 0.3 is 0 Å². The second-order valence-corrected chi connectivity index (χ2v) is 6.29. The Balaban J connectivity index is 3.52. The van der Waals surface area contributed by atoms with Crippen molar-refractivity contribution >= 4 is 23.1 Å². The fourth-order valence-corrected chi connectivity index (χ4v) is 2.54. The lowest BCUT2D eigenvalue weighted by Gasteiger charge is -2.20. The summed E-state index contributed by atoms with van der Waals surface area (Å²) in [4.78, 5) is 14.4. The third-order valence-corrected chi connectivity index (χ3v) is 4.06. The Labute approximate surface area is 136 Å². The van der Waals surface area contributed by atoms with Crippen LogP contribution in [0.5, 0.6) is 0 Å². The summed E-state index contributed by atoms with van der Waals surface area (Å²) >= 11 is 4.86. The number of rotatable bonds is 14. The number of amides is 1. The van der Waals surface area contributed by atoms with Gasteiger partial charge in [0.1, 0.15) is 0 Å². The topological polar surface area (TPSA) is 46.3 Å². The smallest absolute Gasteiger partial charge is 0.222 e. The molecule has 124 valence electrons. The van der Waals surface area contributed by atoms with Crippen molar-refractivity contribution in [3.05, 3.63) is 0 Å². The van der Waals surface area contributed by atoms with E-state index in [0.717, 1.165) is 13.0 Å². The zero-order chi connectivity index (χ0) is 15.9. The van der Waals surface area contributed by atoms with Gasteiger partial charge in [0.15, 0.2) is 0 Å². The molecule has 0 aliphatic heterocycles. The van der Waals surface area contributed by atoms with Crippen LogP contribution in [-0.2, 0) is 4.79 Å². The first-order valence-electron chi connectivity index (χ1n) is 8.67. The van der Waals surface area contributed by atoms with E-state index in [1.165, 1.54) is 51.4 Å². The van der Waals surface area contributed by atoms with Crippen LogP contribution in [-0.4, -0.2) is 28.9 Å². The maximum absolute atomic E-state index is 12.0. The number of unbranched alkanes of at least 4 members (excludes halogenated alkanes) is 8. The van der Waals surface area contributed by atoms with Crippen molar-refractivity contribution in [2.45, 2.75) is 84.5 Å². The first-order valence-corrected chi connectivity index (χ1v) is 9.08. The van der Waals surface area contributed by atoms with Gasteiger partial charge in [-0.25, -0.2) is 0 Å². The van der Waals surface area contributed by atoms with Crippen molar-refractivity contribution in [3.8, 4) is 0 Å². The highest BCUT2D eigenvalue weighted by Gasteiger charge is 2.10. The van der Waals surface area contributed by atoms with Crippen molar-refractivity contribution in [1.29, 1.82) is 0 Å². The van der Waals surface area contributed by atoms with E-state index < -0.39 is 0 Å². The van der Waals surface area contributed by atoms with Crippen molar-refractivity contribution in [2.75, 3.05) is 13.1 Å². The monoisotopic (exact) mass is 314 g/mol. The predicted octanol–water partition coefficient (Wildman–Crippen LogP) is 4.43. The Morgan fingerprint density at radius 1 is 0.905 bits per heavy atom. The largest absolute Gasteiger partial charge is 0.393 e. The number of thiocarbonyl (C=S) groups is 1. The molecule has 1 amide bonds. The molecule has 0 bridgehead atoms. The van der Waals surface area contributed by atoms with Crippen molar-refractivity contribution in [2.24, 2.45) is 5.73 Å². The quantitative estimate of drug-likeness (QED) is 0.381. The summed E-state index contributed by atoms with van der Waals surface area (Å²) in [7, 11) is 0. The molecular formula is C17H34N2OS. The van der Waals surface area contributed by atoms with Gasteiger partial charge in [-0.2, -0.15) is 0 Å². The third kappa shape index (κ3) is 12.8. The van der Waals surface area contributed by atoms with Crippen molar-refractivity contribution < 1.29 is 4.79 Å². The summed E-state index contributed by atoms with van der Waals surface area (Å²) in [5, 5.41) is 0. The summed E-state index contributed by atoms with van der Waals surface area (Å²) in [6.07, 6.45) is 12.8. The van der Waals surface area contributed by atoms with E-state index in [4.69, 9.17) is 18.0 Å². The van der Waals surface area contributed by atoms with Gasteiger partial charge in [0.25, 0.3) is 0 Å². The highest BCUT2D eigenvalue weighted by Crippen LogP contribution is 2.11. The van der Waals surface area contributed by atoms with Crippen LogP contribution < -0.4 is 5.73 Å². The zero-order valence-corrected chi connectivity index (χ0v) is 14.8. The molecule has 0 spiro atoms. The average Bonchev–Trinajstić information content (AvgIpc) is 2.46. The molecular weight excluding hydrogens is 280 g/mol. The van der Waals surface area contributed by atoms with Crippen molar-refractivity contribution in [3.63, 3.8) is 0 Å². The molecule has 0 aromatic rings.